The van der Waals surface area contributed by atoms with Gasteiger partial charge in [0.15, 0.2) is 0 Å². The molecule has 1 unspecified atom stereocenters. The summed E-state index contributed by atoms with van der Waals surface area (Å²) in [6.45, 7) is 2.89. The van der Waals surface area contributed by atoms with E-state index in [0.29, 0.717) is 0 Å². The summed E-state index contributed by atoms with van der Waals surface area (Å²) in [4.78, 5) is 0. The highest BCUT2D eigenvalue weighted by Gasteiger charge is 2.17. The predicted molar refractivity (Wildman–Crippen MR) is 69.1 cm³/mol. The highest BCUT2D eigenvalue weighted by atomic mass is 79.9. The lowest BCUT2D eigenvalue weighted by molar-refractivity contribution is 0.221. The van der Waals surface area contributed by atoms with Crippen LogP contribution in [0.3, 0.4) is 0 Å². The third kappa shape index (κ3) is 2.47. The molecule has 16 heavy (non-hydrogen) atoms. The van der Waals surface area contributed by atoms with E-state index in [4.69, 9.17) is 10.5 Å². The number of aryl methyl sites for hydroxylation is 1. The first-order valence-corrected chi connectivity index (χ1v) is 6.30. The molecule has 1 aromatic carbocycles. The number of hydrogen-bond donors (Lipinski definition) is 1. The lowest BCUT2D eigenvalue weighted by atomic mass is 9.95. The summed E-state index contributed by atoms with van der Waals surface area (Å²) >= 11 is 3.55. The van der Waals surface area contributed by atoms with E-state index in [1.807, 2.05) is 6.26 Å². The average Bonchev–Trinajstić information content (AvgIpc) is 2.32. The van der Waals surface area contributed by atoms with Crippen LogP contribution in [0.1, 0.15) is 30.0 Å². The zero-order valence-electron chi connectivity index (χ0n) is 9.37. The Morgan fingerprint density at radius 2 is 2.25 bits per heavy atom. The van der Waals surface area contributed by atoms with E-state index in [9.17, 15) is 0 Å². The molecular weight excluding hydrogens is 266 g/mol. The highest BCUT2D eigenvalue weighted by Crippen LogP contribution is 2.30. The zero-order valence-corrected chi connectivity index (χ0v) is 11.0. The lowest BCUT2D eigenvalue weighted by Gasteiger charge is -2.21. The van der Waals surface area contributed by atoms with Gasteiger partial charge in [-0.2, -0.15) is 0 Å². The normalized spacial score (nSPS) is 17.6. The molecule has 1 aliphatic rings. The first-order chi connectivity index (χ1) is 7.68. The Labute approximate surface area is 105 Å². The lowest BCUT2D eigenvalue weighted by Crippen LogP contribution is -2.17. The Hall–Kier alpha value is -0.800. The van der Waals surface area contributed by atoms with Gasteiger partial charge in [-0.05, 0) is 37.0 Å². The SMILES string of the molecule is Cc1ccc(Br)c(C(N)C2=COCCC2)c1. The van der Waals surface area contributed by atoms with Crippen LogP contribution in [-0.2, 0) is 4.74 Å². The second-order valence-electron chi connectivity index (χ2n) is 4.17. The number of nitrogens with two attached hydrogens (primary N) is 1. The van der Waals surface area contributed by atoms with Crippen LogP contribution in [-0.4, -0.2) is 6.61 Å². The number of hydrogen-bond acceptors (Lipinski definition) is 2. The summed E-state index contributed by atoms with van der Waals surface area (Å²) in [6.07, 6.45) is 3.91. The minimum atomic E-state index is -0.0606. The molecule has 0 aromatic heterocycles. The smallest absolute Gasteiger partial charge is 0.0876 e. The average molecular weight is 282 g/mol. The summed E-state index contributed by atoms with van der Waals surface area (Å²) in [5.74, 6) is 0. The first-order valence-electron chi connectivity index (χ1n) is 5.50. The molecule has 0 amide bonds. The molecule has 1 aromatic rings. The van der Waals surface area contributed by atoms with Crippen LogP contribution in [0.5, 0.6) is 0 Å². The van der Waals surface area contributed by atoms with Gasteiger partial charge in [0.2, 0.25) is 0 Å². The Kier molecular flexibility index (Phi) is 3.66. The van der Waals surface area contributed by atoms with Crippen LogP contribution in [0.4, 0.5) is 0 Å². The van der Waals surface area contributed by atoms with Gasteiger partial charge in [0.1, 0.15) is 0 Å². The molecule has 1 heterocycles. The number of rotatable bonds is 2. The molecule has 0 radical (unpaired) electrons. The monoisotopic (exact) mass is 281 g/mol. The molecule has 0 fully saturated rings. The second-order valence-corrected chi connectivity index (χ2v) is 5.02. The third-order valence-corrected chi connectivity index (χ3v) is 3.57. The van der Waals surface area contributed by atoms with Crippen molar-refractivity contribution in [2.24, 2.45) is 5.73 Å². The van der Waals surface area contributed by atoms with Crippen molar-refractivity contribution in [1.29, 1.82) is 0 Å². The number of ether oxygens (including phenoxy) is 1. The molecule has 1 aliphatic heterocycles. The number of benzene rings is 1. The third-order valence-electron chi connectivity index (χ3n) is 2.85. The molecule has 1 atom stereocenters. The van der Waals surface area contributed by atoms with Crippen molar-refractivity contribution in [2.75, 3.05) is 6.61 Å². The predicted octanol–water partition coefficient (Wildman–Crippen LogP) is 3.45. The Morgan fingerprint density at radius 3 is 2.94 bits per heavy atom. The largest absolute Gasteiger partial charge is 0.501 e. The maximum absolute atomic E-state index is 6.26. The molecule has 2 rings (SSSR count). The molecule has 2 N–H and O–H groups in total. The topological polar surface area (TPSA) is 35.2 Å². The van der Waals surface area contributed by atoms with Crippen molar-refractivity contribution in [1.82, 2.24) is 0 Å². The fourth-order valence-corrected chi connectivity index (χ4v) is 2.41. The zero-order chi connectivity index (χ0) is 11.5. The maximum atomic E-state index is 6.26. The standard InChI is InChI=1S/C13H16BrNO/c1-9-4-5-12(14)11(7-9)13(15)10-3-2-6-16-8-10/h4-5,7-8,13H,2-3,6,15H2,1H3. The van der Waals surface area contributed by atoms with Gasteiger partial charge in [-0.1, -0.05) is 33.6 Å². The van der Waals surface area contributed by atoms with Gasteiger partial charge >= 0.3 is 0 Å². The van der Waals surface area contributed by atoms with Crippen molar-refractivity contribution >= 4 is 15.9 Å². The van der Waals surface area contributed by atoms with Gasteiger partial charge in [-0.25, -0.2) is 0 Å². The van der Waals surface area contributed by atoms with E-state index in [0.717, 1.165) is 29.5 Å². The van der Waals surface area contributed by atoms with Crippen molar-refractivity contribution in [2.45, 2.75) is 25.8 Å². The van der Waals surface area contributed by atoms with E-state index >= 15 is 0 Å². The maximum Gasteiger partial charge on any atom is 0.0876 e. The Bertz CT molecular complexity index is 414. The molecule has 3 heteroatoms. The number of halogens is 1. The van der Waals surface area contributed by atoms with E-state index in [-0.39, 0.29) is 6.04 Å². The quantitative estimate of drug-likeness (QED) is 0.901. The molecule has 2 nitrogen and oxygen atoms in total. The van der Waals surface area contributed by atoms with Crippen LogP contribution in [0, 0.1) is 6.92 Å². The highest BCUT2D eigenvalue weighted by molar-refractivity contribution is 9.10. The van der Waals surface area contributed by atoms with Gasteiger partial charge in [-0.15, -0.1) is 0 Å². The van der Waals surface area contributed by atoms with E-state index in [2.05, 4.69) is 41.1 Å². The van der Waals surface area contributed by atoms with Crippen LogP contribution < -0.4 is 5.73 Å². The minimum Gasteiger partial charge on any atom is -0.501 e. The first kappa shape index (κ1) is 11.7. The van der Waals surface area contributed by atoms with Gasteiger partial charge < -0.3 is 10.5 Å². The van der Waals surface area contributed by atoms with E-state index in [1.165, 1.54) is 11.1 Å². The fourth-order valence-electron chi connectivity index (χ4n) is 1.91. The van der Waals surface area contributed by atoms with Gasteiger partial charge in [0, 0.05) is 4.47 Å². The summed E-state index contributed by atoms with van der Waals surface area (Å²) in [6, 6.07) is 6.19. The summed E-state index contributed by atoms with van der Waals surface area (Å²) in [5.41, 5.74) is 9.80. The molecule has 86 valence electrons. The molecule has 0 aliphatic carbocycles. The summed E-state index contributed by atoms with van der Waals surface area (Å²) < 4.78 is 6.40. The molecule has 0 saturated heterocycles. The minimum absolute atomic E-state index is 0.0606. The van der Waals surface area contributed by atoms with Crippen molar-refractivity contribution < 1.29 is 4.74 Å². The molecular formula is C13H16BrNO. The second kappa shape index (κ2) is 5.02. The van der Waals surface area contributed by atoms with E-state index in [1.54, 1.807) is 0 Å². The van der Waals surface area contributed by atoms with Crippen LogP contribution in [0.15, 0.2) is 34.5 Å². The Morgan fingerprint density at radius 1 is 1.44 bits per heavy atom. The van der Waals surface area contributed by atoms with Gasteiger partial charge in [0.25, 0.3) is 0 Å². The van der Waals surface area contributed by atoms with Gasteiger partial charge in [0.05, 0.1) is 18.9 Å². The van der Waals surface area contributed by atoms with Crippen molar-refractivity contribution in [3.8, 4) is 0 Å². The molecule has 0 spiro atoms. The Balaban J connectivity index is 2.29. The van der Waals surface area contributed by atoms with Crippen LogP contribution >= 0.6 is 15.9 Å². The van der Waals surface area contributed by atoms with Crippen molar-refractivity contribution in [3.05, 3.63) is 45.6 Å². The molecule has 0 saturated carbocycles. The fraction of sp³-hybridized carbons (Fsp3) is 0.385. The summed E-state index contributed by atoms with van der Waals surface area (Å²) in [7, 11) is 0. The van der Waals surface area contributed by atoms with Crippen LogP contribution in [0.2, 0.25) is 0 Å². The van der Waals surface area contributed by atoms with Gasteiger partial charge in [-0.3, -0.25) is 0 Å². The van der Waals surface area contributed by atoms with E-state index < -0.39 is 0 Å². The van der Waals surface area contributed by atoms with Crippen LogP contribution in [0.25, 0.3) is 0 Å². The molecule has 0 bridgehead atoms. The summed E-state index contributed by atoms with van der Waals surface area (Å²) in [5, 5.41) is 0. The van der Waals surface area contributed by atoms with Crippen molar-refractivity contribution in [3.63, 3.8) is 0 Å².